The molecule has 15 aromatic rings. The van der Waals surface area contributed by atoms with Crippen LogP contribution in [0.4, 0.5) is 0 Å². The van der Waals surface area contributed by atoms with Crippen LogP contribution >= 0.6 is 28.3 Å². The first kappa shape index (κ1) is 74.8. The first-order valence-electron chi connectivity index (χ1n) is 31.7. The molecule has 15 rings (SSSR count). The summed E-state index contributed by atoms with van der Waals surface area (Å²) >= 11 is 4.83. The molecule has 0 atom stereocenters. The van der Waals surface area contributed by atoms with Crippen LogP contribution in [-0.4, -0.2) is 77.1 Å². The van der Waals surface area contributed by atoms with E-state index in [0.29, 0.717) is 0 Å². The number of hydrogen-bond acceptors (Lipinski definition) is 7. The van der Waals surface area contributed by atoms with Crippen molar-refractivity contribution in [1.82, 2.24) is 77.1 Å². The van der Waals surface area contributed by atoms with E-state index in [1.54, 1.807) is 68.7 Å². The van der Waals surface area contributed by atoms with Crippen LogP contribution in [0.1, 0.15) is 56.9 Å². The average molecular weight is 1940 g/mol. The molecule has 24 heteroatoms. The van der Waals surface area contributed by atoms with Crippen molar-refractivity contribution in [2.45, 2.75) is 69.2 Å². The second kappa shape index (κ2) is 33.7. The monoisotopic (exact) mass is 1940 g/mol. The molecule has 0 spiro atoms. The fourth-order valence-corrected chi connectivity index (χ4v) is 12.5. The van der Waals surface area contributed by atoms with E-state index in [2.05, 4.69) is 209 Å². The van der Waals surface area contributed by atoms with Gasteiger partial charge in [-0.05, 0) is 129 Å². The molecule has 0 saturated carbocycles. The molecule has 0 radical (unpaired) electrons. The predicted molar refractivity (Wildman–Crippen MR) is 386 cm³/mol. The fourth-order valence-electron chi connectivity index (χ4n) is 12.5. The van der Waals surface area contributed by atoms with E-state index < -0.39 is 0 Å². The van der Waals surface area contributed by atoms with Gasteiger partial charge in [-0.15, -0.1) is 47.5 Å². The maximum atomic E-state index is 4.87. The molecule has 0 N–H and O–H groups in total. The van der Waals surface area contributed by atoms with E-state index in [0.717, 1.165) is 153 Å². The Bertz CT molecular complexity index is 5100. The quantitative estimate of drug-likeness (QED) is 0.0875. The Balaban J connectivity index is 0.000000157. The predicted octanol–water partition coefficient (Wildman–Crippen LogP) is 15.2. The molecular weight excluding hydrogens is 1870 g/mol. The van der Waals surface area contributed by atoms with Crippen molar-refractivity contribution in [2.75, 3.05) is 0 Å². The first-order valence-corrected chi connectivity index (χ1v) is 40.2. The summed E-state index contributed by atoms with van der Waals surface area (Å²) in [6, 6.07) is 58.2. The topological polar surface area (TPSA) is 142 Å². The van der Waals surface area contributed by atoms with Crippen molar-refractivity contribution in [3.63, 3.8) is 0 Å². The van der Waals surface area contributed by atoms with Gasteiger partial charge in [-0.25, -0.2) is 14.0 Å². The zero-order valence-electron chi connectivity index (χ0n) is 58.0. The molecule has 0 bridgehead atoms. The van der Waals surface area contributed by atoms with Gasteiger partial charge in [0.25, 0.3) is 0 Å². The Morgan fingerprint density at radius 3 is 0.990 bits per heavy atom. The Labute approximate surface area is 635 Å². The molecule has 9 aromatic heterocycles. The van der Waals surface area contributed by atoms with Gasteiger partial charge < -0.3 is 27.4 Å². The van der Waals surface area contributed by atoms with Crippen LogP contribution in [0.3, 0.4) is 0 Å². The van der Waals surface area contributed by atoms with Gasteiger partial charge in [-0.1, -0.05) is 82.7 Å². The molecule has 0 saturated heterocycles. The molecular formula is C77H73Cl3N18Pt3-. The zero-order valence-corrected chi connectivity index (χ0v) is 67.1. The SMILES string of the molecule is Cc1cc(C)n(-c2[c-]c(-n3nc(C)cc3C)cc(-c3c(C)nn(-c4ccccc4)c3C)c2)n1.Cc1nn(-c2ccccc2)c(C)c1-c1cc(-c2nccn2C)[c-]c(-c2nccn2C)c1.Cc1nn(-c2ccccc2)c(C)c1-c1cc(-n2[c-][n+](C)cc2)[c-]c(-n2[c-][n+](C)cc2)c1.[Cl][Pt+].[Cl][Pt+].[Cl][Pt]. The van der Waals surface area contributed by atoms with Crippen LogP contribution < -0.4 is 9.13 Å². The molecule has 9 heterocycles. The third-order valence-electron chi connectivity index (χ3n) is 16.8. The summed E-state index contributed by atoms with van der Waals surface area (Å²) in [4.78, 5) is 9.09. The molecule has 523 valence electrons. The van der Waals surface area contributed by atoms with E-state index in [1.807, 2.05) is 185 Å². The summed E-state index contributed by atoms with van der Waals surface area (Å²) < 4.78 is 21.6. The second-order valence-corrected chi connectivity index (χ2v) is 24.0. The Hall–Kier alpha value is -8.86. The molecule has 0 amide bonds. The maximum absolute atomic E-state index is 4.87. The number of nitrogens with zero attached hydrogens (tertiary/aromatic N) is 18. The number of halogens is 3. The summed E-state index contributed by atoms with van der Waals surface area (Å²) in [5.74, 6) is 1.73. The number of para-hydroxylation sites is 3. The molecule has 18 nitrogen and oxygen atoms in total. The van der Waals surface area contributed by atoms with Crippen molar-refractivity contribution >= 4 is 28.3 Å². The second-order valence-electron chi connectivity index (χ2n) is 24.0. The minimum absolute atomic E-state index is 0.864. The number of hydrogen-bond donors (Lipinski definition) is 0. The summed E-state index contributed by atoms with van der Waals surface area (Å²) in [6.45, 7) is 20.7. The van der Waals surface area contributed by atoms with Crippen molar-refractivity contribution in [1.29, 1.82) is 0 Å². The molecule has 0 aliphatic rings. The van der Waals surface area contributed by atoms with Crippen molar-refractivity contribution in [3.05, 3.63) is 277 Å². The fraction of sp³-hybridized carbons (Fsp3) is 0.182. The average Bonchev–Trinajstić information content (AvgIpc) is 1.67. The summed E-state index contributed by atoms with van der Waals surface area (Å²) in [6.07, 6.45) is 21.9. The Morgan fingerprint density at radius 1 is 0.386 bits per heavy atom. The Morgan fingerprint density at radius 2 is 0.703 bits per heavy atom. The first-order chi connectivity index (χ1) is 48.8. The van der Waals surface area contributed by atoms with Crippen molar-refractivity contribution in [3.8, 4) is 96.0 Å². The van der Waals surface area contributed by atoms with E-state index in [1.165, 1.54) is 0 Å². The summed E-state index contributed by atoms with van der Waals surface area (Å²) in [7, 11) is 21.7. The van der Waals surface area contributed by atoms with Gasteiger partial charge >= 0.3 is 84.6 Å². The van der Waals surface area contributed by atoms with E-state index in [9.17, 15) is 0 Å². The molecule has 101 heavy (non-hydrogen) atoms. The van der Waals surface area contributed by atoms with Gasteiger partial charge in [0, 0.05) is 109 Å². The van der Waals surface area contributed by atoms with Crippen LogP contribution in [0, 0.1) is 100 Å². The Kier molecular flexibility index (Phi) is 25.0. The third kappa shape index (κ3) is 16.6. The molecule has 0 aliphatic heterocycles. The third-order valence-corrected chi connectivity index (χ3v) is 16.8. The zero-order chi connectivity index (χ0) is 72.3. The van der Waals surface area contributed by atoms with Gasteiger partial charge in [-0.3, -0.25) is 19.3 Å². The van der Waals surface area contributed by atoms with Crippen LogP contribution in [0.15, 0.2) is 189 Å². The van der Waals surface area contributed by atoms with Gasteiger partial charge in [-0.2, -0.15) is 43.7 Å². The number of imidazole rings is 4. The molecule has 0 fully saturated rings. The normalized spacial score (nSPS) is 10.8. The number of aryl methyl sites for hydroxylation is 11. The number of aromatic nitrogens is 18. The van der Waals surface area contributed by atoms with Gasteiger partial charge in [0.2, 0.25) is 12.7 Å². The van der Waals surface area contributed by atoms with Crippen LogP contribution in [0.2, 0.25) is 0 Å². The van der Waals surface area contributed by atoms with E-state index >= 15 is 0 Å². The number of benzene rings is 6. The summed E-state index contributed by atoms with van der Waals surface area (Å²) in [5.41, 5.74) is 25.4. The molecule has 0 aliphatic carbocycles. The standard InChI is InChI=1S/C27H27N6.2C25H23N6.3ClH.3Pt/c1-17-12-19(3)31(28-17)25-14-23(15-26(16-25)32-20(4)13-18(2)29-32)27-21(5)30-33(22(27)6)24-10-8-7-9-11-24;1-19-25(20(2)31(26-19)22-8-6-5-7-9-22)21-14-23(29-12-10-27(3)17-29)16-24(15-21)30-13-11-28(4)18-30;1-17-23(18(2)31(28-17)22-8-6-5-7-9-22)19-14-20(24-26-10-12-29(24)3)16-21(15-19)25-27-11-13-30(25)4;;;;;;/h7-15H,1-6H3;2*5-15H,1-4H3;3*1H;;;/q3*-1;;;;+1;2*+2/p-3. The van der Waals surface area contributed by atoms with Crippen molar-refractivity contribution in [2.24, 2.45) is 28.2 Å². The molecule has 6 aromatic carbocycles. The summed E-state index contributed by atoms with van der Waals surface area (Å²) in [5, 5.41) is 24.0. The molecule has 0 unspecified atom stereocenters. The van der Waals surface area contributed by atoms with Crippen LogP contribution in [-0.2, 0) is 84.5 Å². The van der Waals surface area contributed by atoms with Crippen LogP contribution in [0.5, 0.6) is 0 Å². The van der Waals surface area contributed by atoms with E-state index in [-0.39, 0.29) is 0 Å². The van der Waals surface area contributed by atoms with Gasteiger partial charge in [0.05, 0.1) is 71.3 Å². The van der Waals surface area contributed by atoms with Crippen molar-refractivity contribution < 1.29 is 65.5 Å². The van der Waals surface area contributed by atoms with Crippen LogP contribution in [0.25, 0.3) is 96.0 Å². The van der Waals surface area contributed by atoms with E-state index in [4.69, 9.17) is 25.5 Å². The number of rotatable bonds is 12. The minimum atomic E-state index is 0.864. The van der Waals surface area contributed by atoms with Gasteiger partial charge in [0.1, 0.15) is 0 Å². The van der Waals surface area contributed by atoms with Gasteiger partial charge in [0.15, 0.2) is 0 Å².